The van der Waals surface area contributed by atoms with Crippen LogP contribution >= 0.6 is 15.9 Å². The van der Waals surface area contributed by atoms with Gasteiger partial charge in [-0.15, -0.1) is 0 Å². The van der Waals surface area contributed by atoms with Crippen LogP contribution in [0.4, 0.5) is 4.39 Å². The Labute approximate surface area is 164 Å². The molecule has 1 aromatic carbocycles. The van der Waals surface area contributed by atoms with Gasteiger partial charge in [-0.1, -0.05) is 30.3 Å². The van der Waals surface area contributed by atoms with Gasteiger partial charge in [-0.05, 0) is 22.0 Å². The number of carbonyl (C=O) groups is 1. The number of amides is 1. The number of alkyl halides is 1. The van der Waals surface area contributed by atoms with E-state index in [1.54, 1.807) is 17.2 Å². The summed E-state index contributed by atoms with van der Waals surface area (Å²) in [6, 6.07) is 11.3. The molecule has 3 aromatic rings. The van der Waals surface area contributed by atoms with Crippen LogP contribution in [0.15, 0.2) is 53.3 Å². The number of nitrogens with one attached hydrogen (secondary N) is 1. The summed E-state index contributed by atoms with van der Waals surface area (Å²) in [6.45, 7) is 0.212. The zero-order valence-electron chi connectivity index (χ0n) is 14.3. The van der Waals surface area contributed by atoms with E-state index < -0.39 is 6.67 Å². The molecule has 0 radical (unpaired) electrons. The topological polar surface area (TPSA) is 74.8 Å². The molecule has 0 unspecified atom stereocenters. The van der Waals surface area contributed by atoms with Gasteiger partial charge in [-0.25, -0.2) is 4.98 Å². The summed E-state index contributed by atoms with van der Waals surface area (Å²) in [5.41, 5.74) is 1.37. The van der Waals surface area contributed by atoms with Crippen LogP contribution in [0.3, 0.4) is 0 Å². The molecule has 4 rings (SSSR count). The van der Waals surface area contributed by atoms with Gasteiger partial charge in [0.2, 0.25) is 0 Å². The molecule has 2 atom stereocenters. The van der Waals surface area contributed by atoms with E-state index in [4.69, 9.17) is 0 Å². The number of aromatic nitrogens is 4. The minimum Gasteiger partial charge on any atom is -0.337 e. The summed E-state index contributed by atoms with van der Waals surface area (Å²) < 4.78 is 14.4. The zero-order valence-corrected chi connectivity index (χ0v) is 15.9. The molecule has 1 aliphatic heterocycles. The van der Waals surface area contributed by atoms with Gasteiger partial charge in [-0.2, -0.15) is 5.10 Å². The third-order valence-corrected chi connectivity index (χ3v) is 5.20. The van der Waals surface area contributed by atoms with Crippen molar-refractivity contribution in [1.82, 2.24) is 25.1 Å². The van der Waals surface area contributed by atoms with Crippen LogP contribution in [-0.4, -0.2) is 50.7 Å². The standard InChI is InChI=1S/C19H17BrFN5O/c20-15-6-13(8-22-9-15)19(27)26-10-14(7-21)16(11-26)18-23-17(24-25-18)12-4-2-1-3-5-12/h1-6,8-9,14,16H,7,10-11H2,(H,23,24,25)/t14-,16-/m1/s1. The fourth-order valence-corrected chi connectivity index (χ4v) is 3.74. The number of halogens is 2. The molecule has 2 aromatic heterocycles. The molecule has 8 heteroatoms. The van der Waals surface area contributed by atoms with Gasteiger partial charge in [0.05, 0.1) is 12.2 Å². The molecule has 1 N–H and O–H groups in total. The summed E-state index contributed by atoms with van der Waals surface area (Å²) >= 11 is 3.32. The molecular weight excluding hydrogens is 413 g/mol. The summed E-state index contributed by atoms with van der Waals surface area (Å²) in [5, 5.41) is 7.19. The number of rotatable bonds is 4. The van der Waals surface area contributed by atoms with E-state index >= 15 is 0 Å². The largest absolute Gasteiger partial charge is 0.337 e. The predicted octanol–water partition coefficient (Wildman–Crippen LogP) is 3.45. The fourth-order valence-electron chi connectivity index (χ4n) is 3.37. The minimum atomic E-state index is -0.521. The monoisotopic (exact) mass is 429 g/mol. The van der Waals surface area contributed by atoms with Crippen molar-refractivity contribution in [3.8, 4) is 11.4 Å². The van der Waals surface area contributed by atoms with E-state index in [1.165, 1.54) is 6.20 Å². The predicted molar refractivity (Wildman–Crippen MR) is 102 cm³/mol. The van der Waals surface area contributed by atoms with Crippen molar-refractivity contribution >= 4 is 21.8 Å². The Bertz CT molecular complexity index is 948. The molecule has 1 aliphatic rings. The minimum absolute atomic E-state index is 0.160. The highest BCUT2D eigenvalue weighted by Gasteiger charge is 2.38. The number of hydrogen-bond acceptors (Lipinski definition) is 4. The average Bonchev–Trinajstić information content (AvgIpc) is 3.35. The lowest BCUT2D eigenvalue weighted by atomic mass is 9.97. The zero-order chi connectivity index (χ0) is 18.8. The van der Waals surface area contributed by atoms with Crippen LogP contribution in [0.1, 0.15) is 22.1 Å². The average molecular weight is 430 g/mol. The van der Waals surface area contributed by atoms with Crippen molar-refractivity contribution in [2.24, 2.45) is 5.92 Å². The molecule has 1 saturated heterocycles. The second-order valence-electron chi connectivity index (χ2n) is 6.53. The van der Waals surface area contributed by atoms with Gasteiger partial charge < -0.3 is 4.90 Å². The van der Waals surface area contributed by atoms with E-state index in [-0.39, 0.29) is 17.7 Å². The Balaban J connectivity index is 1.55. The van der Waals surface area contributed by atoms with Crippen molar-refractivity contribution in [3.63, 3.8) is 0 Å². The van der Waals surface area contributed by atoms with Gasteiger partial charge in [-0.3, -0.25) is 19.3 Å². The maximum atomic E-state index is 13.6. The number of hydrogen-bond donors (Lipinski definition) is 1. The maximum absolute atomic E-state index is 13.6. The molecule has 6 nitrogen and oxygen atoms in total. The highest BCUT2D eigenvalue weighted by Crippen LogP contribution is 2.33. The summed E-state index contributed by atoms with van der Waals surface area (Å²) in [7, 11) is 0. The Hall–Kier alpha value is -2.61. The first-order valence-corrected chi connectivity index (χ1v) is 9.38. The number of pyridine rings is 1. The first-order chi connectivity index (χ1) is 13.2. The first kappa shape index (κ1) is 17.8. The molecule has 0 aliphatic carbocycles. The van der Waals surface area contributed by atoms with Gasteiger partial charge in [0.1, 0.15) is 5.82 Å². The number of likely N-dealkylation sites (tertiary alicyclic amines) is 1. The van der Waals surface area contributed by atoms with Crippen molar-refractivity contribution in [2.75, 3.05) is 19.8 Å². The lowest BCUT2D eigenvalue weighted by Crippen LogP contribution is -2.29. The highest BCUT2D eigenvalue weighted by molar-refractivity contribution is 9.10. The molecule has 27 heavy (non-hydrogen) atoms. The Morgan fingerprint density at radius 1 is 1.26 bits per heavy atom. The van der Waals surface area contributed by atoms with Crippen LogP contribution in [0, 0.1) is 5.92 Å². The third kappa shape index (κ3) is 3.62. The second kappa shape index (κ2) is 7.56. The van der Waals surface area contributed by atoms with Crippen LogP contribution in [0.25, 0.3) is 11.4 Å². The van der Waals surface area contributed by atoms with E-state index in [2.05, 4.69) is 36.1 Å². The molecule has 0 spiro atoms. The van der Waals surface area contributed by atoms with Crippen molar-refractivity contribution in [3.05, 3.63) is 64.7 Å². The van der Waals surface area contributed by atoms with Gasteiger partial charge in [0.25, 0.3) is 5.91 Å². The SMILES string of the molecule is O=C(c1cncc(Br)c1)N1C[C@@H](CF)[C@H](c2nc(-c3ccccc3)n[nH]2)C1. The van der Waals surface area contributed by atoms with Gasteiger partial charge >= 0.3 is 0 Å². The molecule has 138 valence electrons. The highest BCUT2D eigenvalue weighted by atomic mass is 79.9. The summed E-state index contributed by atoms with van der Waals surface area (Å²) in [5.74, 6) is 0.491. The Morgan fingerprint density at radius 2 is 2.07 bits per heavy atom. The molecular formula is C19H17BrFN5O. The molecule has 0 bridgehead atoms. The number of aromatic amines is 1. The molecule has 1 fully saturated rings. The summed E-state index contributed by atoms with van der Waals surface area (Å²) in [4.78, 5) is 23.0. The molecule has 0 saturated carbocycles. The number of benzene rings is 1. The summed E-state index contributed by atoms with van der Waals surface area (Å²) in [6.07, 6.45) is 3.14. The third-order valence-electron chi connectivity index (χ3n) is 4.76. The van der Waals surface area contributed by atoms with Crippen molar-refractivity contribution in [1.29, 1.82) is 0 Å². The van der Waals surface area contributed by atoms with Crippen LogP contribution in [0.2, 0.25) is 0 Å². The Kier molecular flexibility index (Phi) is 4.98. The smallest absolute Gasteiger partial charge is 0.255 e. The maximum Gasteiger partial charge on any atom is 0.255 e. The van der Waals surface area contributed by atoms with E-state index in [0.717, 1.165) is 10.0 Å². The first-order valence-electron chi connectivity index (χ1n) is 8.59. The quantitative estimate of drug-likeness (QED) is 0.688. The second-order valence-corrected chi connectivity index (χ2v) is 7.45. The fraction of sp³-hybridized carbons (Fsp3) is 0.263. The van der Waals surface area contributed by atoms with Gasteiger partial charge in [0, 0.05) is 47.4 Å². The molecule has 1 amide bonds. The van der Waals surface area contributed by atoms with Crippen molar-refractivity contribution in [2.45, 2.75) is 5.92 Å². The Morgan fingerprint density at radius 3 is 2.81 bits per heavy atom. The van der Waals surface area contributed by atoms with Crippen LogP contribution < -0.4 is 0 Å². The number of carbonyl (C=O) groups excluding carboxylic acids is 1. The van der Waals surface area contributed by atoms with Crippen LogP contribution in [0.5, 0.6) is 0 Å². The van der Waals surface area contributed by atoms with E-state index in [1.807, 2.05) is 30.3 Å². The van der Waals surface area contributed by atoms with E-state index in [0.29, 0.717) is 30.3 Å². The lowest BCUT2D eigenvalue weighted by molar-refractivity contribution is 0.0784. The van der Waals surface area contributed by atoms with Crippen LogP contribution in [-0.2, 0) is 0 Å². The number of nitrogens with zero attached hydrogens (tertiary/aromatic N) is 4. The molecule has 3 heterocycles. The van der Waals surface area contributed by atoms with Crippen molar-refractivity contribution < 1.29 is 9.18 Å². The number of H-pyrrole nitrogens is 1. The van der Waals surface area contributed by atoms with E-state index in [9.17, 15) is 9.18 Å². The lowest BCUT2D eigenvalue weighted by Gasteiger charge is -2.15. The normalized spacial score (nSPS) is 19.4. The van der Waals surface area contributed by atoms with Gasteiger partial charge in [0.15, 0.2) is 5.82 Å².